The van der Waals surface area contributed by atoms with Gasteiger partial charge in [-0.05, 0) is 12.8 Å². The third-order valence-electron chi connectivity index (χ3n) is 3.30. The van der Waals surface area contributed by atoms with E-state index in [4.69, 9.17) is 0 Å². The Bertz CT molecular complexity index is 266. The Labute approximate surface area is 104 Å². The van der Waals surface area contributed by atoms with Crippen molar-refractivity contribution in [2.45, 2.75) is 58.4 Å². The van der Waals surface area contributed by atoms with Crippen molar-refractivity contribution in [3.63, 3.8) is 0 Å². The van der Waals surface area contributed by atoms with E-state index in [-0.39, 0.29) is 24.4 Å². The first kappa shape index (κ1) is 14.0. The first-order chi connectivity index (χ1) is 8.20. The monoisotopic (exact) mass is 240 g/mol. The topological polar surface area (TPSA) is 49.4 Å². The fourth-order valence-electron chi connectivity index (χ4n) is 2.27. The van der Waals surface area contributed by atoms with Gasteiger partial charge in [0.05, 0.1) is 6.54 Å². The number of unbranched alkanes of at least 4 members (excludes halogenated alkanes) is 4. The molecule has 17 heavy (non-hydrogen) atoms. The molecular formula is C13H24N2O2. The van der Waals surface area contributed by atoms with Gasteiger partial charge >= 0.3 is 0 Å². The van der Waals surface area contributed by atoms with E-state index in [2.05, 4.69) is 12.2 Å². The summed E-state index contributed by atoms with van der Waals surface area (Å²) in [5.41, 5.74) is 0. The lowest BCUT2D eigenvalue weighted by molar-refractivity contribution is -0.145. The van der Waals surface area contributed by atoms with Crippen molar-refractivity contribution in [3.05, 3.63) is 0 Å². The van der Waals surface area contributed by atoms with Crippen LogP contribution in [0.5, 0.6) is 0 Å². The maximum atomic E-state index is 11.7. The summed E-state index contributed by atoms with van der Waals surface area (Å²) in [6.07, 6.45) is 6.56. The Morgan fingerprint density at radius 3 is 2.53 bits per heavy atom. The largest absolute Gasteiger partial charge is 0.345 e. The molecule has 1 saturated heterocycles. The minimum absolute atomic E-state index is 0.000609. The number of hydrogen-bond acceptors (Lipinski definition) is 2. The molecule has 0 bridgehead atoms. The smallest absolute Gasteiger partial charge is 0.243 e. The predicted molar refractivity (Wildman–Crippen MR) is 67.6 cm³/mol. The van der Waals surface area contributed by atoms with Crippen molar-refractivity contribution < 1.29 is 9.59 Å². The van der Waals surface area contributed by atoms with E-state index < -0.39 is 0 Å². The van der Waals surface area contributed by atoms with Crippen LogP contribution in [-0.2, 0) is 9.59 Å². The second kappa shape index (κ2) is 7.30. The molecule has 1 aliphatic rings. The van der Waals surface area contributed by atoms with Gasteiger partial charge in [-0.15, -0.1) is 0 Å². The van der Waals surface area contributed by atoms with Gasteiger partial charge in [-0.1, -0.05) is 39.5 Å². The van der Waals surface area contributed by atoms with Crippen LogP contribution in [0.4, 0.5) is 0 Å². The Balaban J connectivity index is 2.37. The highest BCUT2D eigenvalue weighted by Crippen LogP contribution is 2.12. The van der Waals surface area contributed by atoms with Gasteiger partial charge in [0, 0.05) is 6.54 Å². The third-order valence-corrected chi connectivity index (χ3v) is 3.30. The molecule has 2 amide bonds. The average molecular weight is 240 g/mol. The SMILES string of the molecule is CCCCCCCN1C(=O)CNC(=O)C1CC. The lowest BCUT2D eigenvalue weighted by Gasteiger charge is -2.34. The summed E-state index contributed by atoms with van der Waals surface area (Å²) in [4.78, 5) is 25.1. The van der Waals surface area contributed by atoms with Crippen LogP contribution in [0.3, 0.4) is 0 Å². The first-order valence-electron chi connectivity index (χ1n) is 6.77. The third kappa shape index (κ3) is 4.02. The van der Waals surface area contributed by atoms with Crippen LogP contribution >= 0.6 is 0 Å². The van der Waals surface area contributed by atoms with Crippen LogP contribution in [0.25, 0.3) is 0 Å². The summed E-state index contributed by atoms with van der Waals surface area (Å²) >= 11 is 0. The Morgan fingerprint density at radius 1 is 1.18 bits per heavy atom. The number of amides is 2. The van der Waals surface area contributed by atoms with Gasteiger partial charge in [-0.25, -0.2) is 0 Å². The predicted octanol–water partition coefficient (Wildman–Crippen LogP) is 1.69. The van der Waals surface area contributed by atoms with Gasteiger partial charge in [0.25, 0.3) is 0 Å². The second-order valence-electron chi connectivity index (χ2n) is 4.64. The molecule has 1 atom stereocenters. The summed E-state index contributed by atoms with van der Waals surface area (Å²) in [6, 6.07) is -0.248. The molecule has 0 aromatic heterocycles. The molecule has 1 rings (SSSR count). The number of carbonyl (C=O) groups excluding carboxylic acids is 2. The van der Waals surface area contributed by atoms with Crippen LogP contribution in [0.1, 0.15) is 52.4 Å². The Hall–Kier alpha value is -1.06. The van der Waals surface area contributed by atoms with E-state index >= 15 is 0 Å². The van der Waals surface area contributed by atoms with Crippen LogP contribution in [0.2, 0.25) is 0 Å². The number of rotatable bonds is 7. The van der Waals surface area contributed by atoms with Crippen molar-refractivity contribution in [1.82, 2.24) is 10.2 Å². The summed E-state index contributed by atoms with van der Waals surface area (Å²) < 4.78 is 0. The van der Waals surface area contributed by atoms with Crippen LogP contribution in [0, 0.1) is 0 Å². The van der Waals surface area contributed by atoms with E-state index in [9.17, 15) is 9.59 Å². The molecule has 0 spiro atoms. The van der Waals surface area contributed by atoms with Crippen molar-refractivity contribution in [2.24, 2.45) is 0 Å². The molecule has 4 heteroatoms. The molecule has 0 aromatic carbocycles. The normalized spacial score (nSPS) is 20.6. The minimum atomic E-state index is -0.248. The first-order valence-corrected chi connectivity index (χ1v) is 6.77. The lowest BCUT2D eigenvalue weighted by atomic mass is 10.1. The summed E-state index contributed by atoms with van der Waals surface area (Å²) in [7, 11) is 0. The van der Waals surface area contributed by atoms with E-state index in [0.717, 1.165) is 19.4 Å². The molecule has 1 fully saturated rings. The molecule has 1 heterocycles. The van der Waals surface area contributed by atoms with Crippen molar-refractivity contribution in [1.29, 1.82) is 0 Å². The van der Waals surface area contributed by atoms with Gasteiger partial charge in [0.15, 0.2) is 0 Å². The lowest BCUT2D eigenvalue weighted by Crippen LogP contribution is -2.58. The highest BCUT2D eigenvalue weighted by atomic mass is 16.2. The van der Waals surface area contributed by atoms with Crippen molar-refractivity contribution >= 4 is 11.8 Å². The summed E-state index contributed by atoms with van der Waals surface area (Å²) in [6.45, 7) is 5.04. The molecule has 98 valence electrons. The standard InChI is InChI=1S/C13H24N2O2/c1-3-5-6-7-8-9-15-11(4-2)13(17)14-10-12(15)16/h11H,3-10H2,1-2H3,(H,14,17). The average Bonchev–Trinajstić information content (AvgIpc) is 2.33. The van der Waals surface area contributed by atoms with E-state index in [1.54, 1.807) is 4.90 Å². The van der Waals surface area contributed by atoms with Crippen molar-refractivity contribution in [3.8, 4) is 0 Å². The van der Waals surface area contributed by atoms with E-state index in [0.29, 0.717) is 6.42 Å². The zero-order valence-corrected chi connectivity index (χ0v) is 11.0. The zero-order chi connectivity index (χ0) is 12.7. The van der Waals surface area contributed by atoms with Crippen molar-refractivity contribution in [2.75, 3.05) is 13.1 Å². The maximum Gasteiger partial charge on any atom is 0.243 e. The molecule has 4 nitrogen and oxygen atoms in total. The van der Waals surface area contributed by atoms with E-state index in [1.165, 1.54) is 19.3 Å². The number of carbonyl (C=O) groups is 2. The van der Waals surface area contributed by atoms with Crippen LogP contribution in [-0.4, -0.2) is 35.8 Å². The molecule has 1 unspecified atom stereocenters. The highest BCUT2D eigenvalue weighted by Gasteiger charge is 2.32. The highest BCUT2D eigenvalue weighted by molar-refractivity contribution is 5.94. The van der Waals surface area contributed by atoms with Crippen LogP contribution < -0.4 is 5.32 Å². The fourth-order valence-corrected chi connectivity index (χ4v) is 2.27. The molecule has 0 saturated carbocycles. The number of nitrogens with one attached hydrogen (secondary N) is 1. The second-order valence-corrected chi connectivity index (χ2v) is 4.64. The van der Waals surface area contributed by atoms with Gasteiger partial charge < -0.3 is 10.2 Å². The fraction of sp³-hybridized carbons (Fsp3) is 0.846. The summed E-state index contributed by atoms with van der Waals surface area (Å²) in [5, 5.41) is 2.64. The quantitative estimate of drug-likeness (QED) is 0.688. The molecule has 1 N–H and O–H groups in total. The maximum absolute atomic E-state index is 11.7. The number of hydrogen-bond donors (Lipinski definition) is 1. The van der Waals surface area contributed by atoms with Gasteiger partial charge in [0.1, 0.15) is 6.04 Å². The molecule has 0 radical (unpaired) electrons. The van der Waals surface area contributed by atoms with Gasteiger partial charge in [0.2, 0.25) is 11.8 Å². The van der Waals surface area contributed by atoms with Gasteiger partial charge in [-0.2, -0.15) is 0 Å². The minimum Gasteiger partial charge on any atom is -0.345 e. The Morgan fingerprint density at radius 2 is 1.88 bits per heavy atom. The zero-order valence-electron chi connectivity index (χ0n) is 11.0. The Kier molecular flexibility index (Phi) is 6.01. The molecule has 0 aliphatic carbocycles. The van der Waals surface area contributed by atoms with Gasteiger partial charge in [-0.3, -0.25) is 9.59 Å². The van der Waals surface area contributed by atoms with Crippen LogP contribution in [0.15, 0.2) is 0 Å². The molecule has 1 aliphatic heterocycles. The van der Waals surface area contributed by atoms with E-state index in [1.807, 2.05) is 6.92 Å². The molecule has 0 aromatic rings. The number of piperazine rings is 1. The molecular weight excluding hydrogens is 216 g/mol. The summed E-state index contributed by atoms with van der Waals surface area (Å²) in [5.74, 6) is 0.0626. The number of nitrogens with zero attached hydrogens (tertiary/aromatic N) is 1.